The molecular weight excluding hydrogens is 391 g/mol. The molecule has 0 atom stereocenters. The Labute approximate surface area is 150 Å². The van der Waals surface area contributed by atoms with Gasteiger partial charge in [-0.05, 0) is 33.6 Å². The van der Waals surface area contributed by atoms with Gasteiger partial charge in [-0.2, -0.15) is 0 Å². The molecule has 0 spiro atoms. The lowest BCUT2D eigenvalue weighted by Gasteiger charge is -2.26. The van der Waals surface area contributed by atoms with E-state index in [9.17, 15) is 0 Å². The van der Waals surface area contributed by atoms with Gasteiger partial charge in [0, 0.05) is 19.1 Å². The standard InChI is InChI=1S/C15H28N6.HI/c1-11(2)17-15(18-13-8-6-5-7-9-13)16-10-14-20-19-12(3)21(14)4;/h11,13H,5-10H2,1-4H3,(H2,16,17,18);1H. The van der Waals surface area contributed by atoms with Gasteiger partial charge >= 0.3 is 0 Å². The lowest BCUT2D eigenvalue weighted by atomic mass is 9.96. The summed E-state index contributed by atoms with van der Waals surface area (Å²) in [5.74, 6) is 2.69. The number of aliphatic imine (C=N–C) groups is 1. The Balaban J connectivity index is 0.00000242. The molecule has 0 aromatic carbocycles. The van der Waals surface area contributed by atoms with Crippen molar-refractivity contribution in [3.8, 4) is 0 Å². The number of nitrogens with one attached hydrogen (secondary N) is 2. The number of hydrogen-bond acceptors (Lipinski definition) is 3. The van der Waals surface area contributed by atoms with Gasteiger partial charge in [0.25, 0.3) is 0 Å². The van der Waals surface area contributed by atoms with Crippen molar-refractivity contribution >= 4 is 29.9 Å². The third kappa shape index (κ3) is 5.73. The van der Waals surface area contributed by atoms with Crippen LogP contribution in [0.4, 0.5) is 0 Å². The highest BCUT2D eigenvalue weighted by molar-refractivity contribution is 14.0. The number of halogens is 1. The van der Waals surface area contributed by atoms with Gasteiger partial charge in [-0.3, -0.25) is 0 Å². The van der Waals surface area contributed by atoms with E-state index in [1.165, 1.54) is 32.1 Å². The molecule has 22 heavy (non-hydrogen) atoms. The second-order valence-corrected chi connectivity index (χ2v) is 6.17. The summed E-state index contributed by atoms with van der Waals surface area (Å²) in [6, 6.07) is 0.908. The molecule has 126 valence electrons. The van der Waals surface area contributed by atoms with E-state index in [0.717, 1.165) is 17.6 Å². The molecule has 1 aromatic rings. The predicted molar refractivity (Wildman–Crippen MR) is 101 cm³/mol. The lowest BCUT2D eigenvalue weighted by molar-refractivity contribution is 0.408. The van der Waals surface area contributed by atoms with Crippen molar-refractivity contribution in [1.82, 2.24) is 25.4 Å². The molecule has 1 saturated carbocycles. The van der Waals surface area contributed by atoms with Crippen molar-refractivity contribution in [2.45, 2.75) is 71.5 Å². The monoisotopic (exact) mass is 420 g/mol. The topological polar surface area (TPSA) is 67.1 Å². The SMILES string of the molecule is Cc1nnc(CN=C(NC(C)C)NC2CCCCC2)n1C.I. The second-order valence-electron chi connectivity index (χ2n) is 6.17. The summed E-state index contributed by atoms with van der Waals surface area (Å²) in [4.78, 5) is 4.67. The molecule has 0 bridgehead atoms. The predicted octanol–water partition coefficient (Wildman–Crippen LogP) is 2.52. The fourth-order valence-corrected chi connectivity index (χ4v) is 2.59. The molecule has 0 amide bonds. The average Bonchev–Trinajstić information content (AvgIpc) is 2.77. The molecule has 0 saturated heterocycles. The zero-order valence-corrected chi connectivity index (χ0v) is 16.4. The van der Waals surface area contributed by atoms with E-state index >= 15 is 0 Å². The van der Waals surface area contributed by atoms with Gasteiger partial charge in [-0.1, -0.05) is 19.3 Å². The molecule has 0 radical (unpaired) electrons. The number of aryl methyl sites for hydroxylation is 1. The van der Waals surface area contributed by atoms with Crippen LogP contribution in [-0.4, -0.2) is 32.8 Å². The molecule has 1 aliphatic rings. The minimum Gasteiger partial charge on any atom is -0.354 e. The van der Waals surface area contributed by atoms with E-state index in [-0.39, 0.29) is 24.0 Å². The first kappa shape index (κ1) is 19.2. The van der Waals surface area contributed by atoms with Crippen LogP contribution < -0.4 is 10.6 Å². The van der Waals surface area contributed by atoms with Crippen LogP contribution in [0.5, 0.6) is 0 Å². The van der Waals surface area contributed by atoms with Gasteiger partial charge in [0.05, 0.1) is 0 Å². The number of hydrogen-bond donors (Lipinski definition) is 2. The fourth-order valence-electron chi connectivity index (χ4n) is 2.59. The Morgan fingerprint density at radius 1 is 1.27 bits per heavy atom. The second kappa shape index (κ2) is 9.32. The summed E-state index contributed by atoms with van der Waals surface area (Å²) in [5.41, 5.74) is 0. The first-order valence-corrected chi connectivity index (χ1v) is 7.98. The third-order valence-electron chi connectivity index (χ3n) is 3.93. The van der Waals surface area contributed by atoms with Crippen LogP contribution in [0.1, 0.15) is 57.6 Å². The van der Waals surface area contributed by atoms with Crippen LogP contribution in [0.15, 0.2) is 4.99 Å². The highest BCUT2D eigenvalue weighted by atomic mass is 127. The maximum absolute atomic E-state index is 4.67. The third-order valence-corrected chi connectivity index (χ3v) is 3.93. The van der Waals surface area contributed by atoms with Crippen LogP contribution in [-0.2, 0) is 13.6 Å². The molecule has 2 N–H and O–H groups in total. The normalized spacial score (nSPS) is 16.5. The van der Waals surface area contributed by atoms with Crippen molar-refractivity contribution < 1.29 is 0 Å². The Bertz CT molecular complexity index is 476. The molecular formula is C15H29IN6. The summed E-state index contributed by atoms with van der Waals surface area (Å²) >= 11 is 0. The van der Waals surface area contributed by atoms with E-state index in [0.29, 0.717) is 18.6 Å². The Morgan fingerprint density at radius 2 is 1.95 bits per heavy atom. The molecule has 2 rings (SSSR count). The maximum atomic E-state index is 4.67. The van der Waals surface area contributed by atoms with Gasteiger partial charge in [0.1, 0.15) is 12.4 Å². The first-order chi connectivity index (χ1) is 10.1. The zero-order valence-electron chi connectivity index (χ0n) is 14.1. The maximum Gasteiger partial charge on any atom is 0.192 e. The summed E-state index contributed by atoms with van der Waals surface area (Å²) in [6.45, 7) is 6.76. The van der Waals surface area contributed by atoms with E-state index in [4.69, 9.17) is 0 Å². The van der Waals surface area contributed by atoms with E-state index < -0.39 is 0 Å². The zero-order chi connectivity index (χ0) is 15.2. The van der Waals surface area contributed by atoms with Crippen molar-refractivity contribution in [1.29, 1.82) is 0 Å². The molecule has 0 aliphatic heterocycles. The molecule has 6 nitrogen and oxygen atoms in total. The highest BCUT2D eigenvalue weighted by Crippen LogP contribution is 2.17. The van der Waals surface area contributed by atoms with Crippen LogP contribution in [0.25, 0.3) is 0 Å². The van der Waals surface area contributed by atoms with Crippen molar-refractivity contribution in [3.63, 3.8) is 0 Å². The average molecular weight is 420 g/mol. The molecule has 0 unspecified atom stereocenters. The van der Waals surface area contributed by atoms with Crippen molar-refractivity contribution in [2.75, 3.05) is 0 Å². The number of guanidine groups is 1. The summed E-state index contributed by atoms with van der Waals surface area (Å²) in [7, 11) is 1.98. The van der Waals surface area contributed by atoms with E-state index in [1.807, 2.05) is 18.5 Å². The smallest absolute Gasteiger partial charge is 0.192 e. The van der Waals surface area contributed by atoms with Crippen LogP contribution in [0.3, 0.4) is 0 Å². The molecule has 1 heterocycles. The molecule has 1 aliphatic carbocycles. The Hall–Kier alpha value is -0.860. The van der Waals surface area contributed by atoms with Gasteiger partial charge in [-0.25, -0.2) is 4.99 Å². The lowest BCUT2D eigenvalue weighted by Crippen LogP contribution is -2.46. The molecule has 1 fully saturated rings. The first-order valence-electron chi connectivity index (χ1n) is 7.98. The number of aromatic nitrogens is 3. The van der Waals surface area contributed by atoms with Gasteiger partial charge in [0.15, 0.2) is 11.8 Å². The summed E-state index contributed by atoms with van der Waals surface area (Å²) in [6.07, 6.45) is 6.47. The minimum absolute atomic E-state index is 0. The van der Waals surface area contributed by atoms with Gasteiger partial charge < -0.3 is 15.2 Å². The van der Waals surface area contributed by atoms with E-state index in [2.05, 4.69) is 39.7 Å². The highest BCUT2D eigenvalue weighted by Gasteiger charge is 2.15. The largest absolute Gasteiger partial charge is 0.354 e. The molecule has 7 heteroatoms. The van der Waals surface area contributed by atoms with Crippen molar-refractivity contribution in [2.24, 2.45) is 12.0 Å². The molecule has 1 aromatic heterocycles. The minimum atomic E-state index is 0. The Kier molecular flexibility index (Phi) is 8.13. The Morgan fingerprint density at radius 3 is 2.50 bits per heavy atom. The van der Waals surface area contributed by atoms with Crippen LogP contribution in [0.2, 0.25) is 0 Å². The summed E-state index contributed by atoms with van der Waals surface area (Å²) in [5, 5.41) is 15.2. The summed E-state index contributed by atoms with van der Waals surface area (Å²) < 4.78 is 1.98. The quantitative estimate of drug-likeness (QED) is 0.446. The van der Waals surface area contributed by atoms with Gasteiger partial charge in [-0.15, -0.1) is 34.2 Å². The van der Waals surface area contributed by atoms with E-state index in [1.54, 1.807) is 0 Å². The number of nitrogens with zero attached hydrogens (tertiary/aromatic N) is 4. The van der Waals surface area contributed by atoms with Crippen LogP contribution in [0, 0.1) is 6.92 Å². The van der Waals surface area contributed by atoms with Gasteiger partial charge in [0.2, 0.25) is 0 Å². The fraction of sp³-hybridized carbons (Fsp3) is 0.800. The van der Waals surface area contributed by atoms with Crippen LogP contribution >= 0.6 is 24.0 Å². The van der Waals surface area contributed by atoms with Crippen molar-refractivity contribution in [3.05, 3.63) is 11.6 Å². The number of rotatable bonds is 4.